The van der Waals surface area contributed by atoms with Crippen molar-refractivity contribution in [3.8, 4) is 5.82 Å². The van der Waals surface area contributed by atoms with Crippen molar-refractivity contribution in [1.29, 1.82) is 5.41 Å². The lowest BCUT2D eigenvalue weighted by Crippen LogP contribution is -2.19. The first-order valence-electron chi connectivity index (χ1n) is 14.9. The normalized spacial score (nSPS) is 14.2. The molecular formula is C37H34N6. The Balaban J connectivity index is 1.49. The van der Waals surface area contributed by atoms with Gasteiger partial charge in [-0.05, 0) is 74.9 Å². The van der Waals surface area contributed by atoms with E-state index >= 15 is 0 Å². The fraction of sp³-hybridized carbons (Fsp3) is 0.162. The number of nitrogens with one attached hydrogen (secondary N) is 2. The molecule has 0 amide bonds. The van der Waals surface area contributed by atoms with Gasteiger partial charge in [-0.3, -0.25) is 9.99 Å². The minimum Gasteiger partial charge on any atom is -0.300 e. The molecule has 4 aromatic heterocycles. The van der Waals surface area contributed by atoms with Crippen LogP contribution in [0.15, 0.2) is 115 Å². The van der Waals surface area contributed by atoms with Crippen LogP contribution >= 0.6 is 0 Å². The van der Waals surface area contributed by atoms with Crippen LogP contribution in [0.1, 0.15) is 49.4 Å². The summed E-state index contributed by atoms with van der Waals surface area (Å²) in [5.74, 6) is 0.871. The van der Waals surface area contributed by atoms with Crippen LogP contribution in [-0.4, -0.2) is 24.9 Å². The summed E-state index contributed by atoms with van der Waals surface area (Å²) in [6.45, 7) is 4.19. The summed E-state index contributed by atoms with van der Waals surface area (Å²) in [4.78, 5) is 9.86. The number of nitrogens with zero attached hydrogens (tertiary/aromatic N) is 4. The van der Waals surface area contributed by atoms with Gasteiger partial charge < -0.3 is 5.41 Å². The van der Waals surface area contributed by atoms with Crippen LogP contribution in [0.4, 0.5) is 0 Å². The number of rotatable bonds is 7. The van der Waals surface area contributed by atoms with Gasteiger partial charge in [-0.25, -0.2) is 14.6 Å². The quantitative estimate of drug-likeness (QED) is 0.191. The number of aromatic nitrogens is 4. The maximum absolute atomic E-state index is 8.94. The van der Waals surface area contributed by atoms with Crippen molar-refractivity contribution in [2.24, 2.45) is 0 Å². The van der Waals surface area contributed by atoms with E-state index in [1.165, 1.54) is 12.0 Å². The van der Waals surface area contributed by atoms with Crippen molar-refractivity contribution in [2.75, 3.05) is 5.43 Å². The van der Waals surface area contributed by atoms with Gasteiger partial charge in [0.25, 0.3) is 0 Å². The SMILES string of the molecule is C/C=C\c1c(C)n(N/C(=C\C(=N)c2ccccc2)C2=CCCCC2)c2ncc3c4ccccc4n(-c4ccccn4)c3c12. The van der Waals surface area contributed by atoms with Gasteiger partial charge in [0.15, 0.2) is 5.65 Å². The minimum atomic E-state index is 0.475. The highest BCUT2D eigenvalue weighted by atomic mass is 15.4. The molecule has 0 fully saturated rings. The Morgan fingerprint density at radius 3 is 2.51 bits per heavy atom. The van der Waals surface area contributed by atoms with Crippen LogP contribution < -0.4 is 5.43 Å². The highest BCUT2D eigenvalue weighted by Crippen LogP contribution is 2.39. The first-order valence-corrected chi connectivity index (χ1v) is 14.9. The van der Waals surface area contributed by atoms with Crippen molar-refractivity contribution in [1.82, 2.24) is 19.2 Å². The van der Waals surface area contributed by atoms with Crippen LogP contribution in [0.3, 0.4) is 0 Å². The molecule has 0 bridgehead atoms. The predicted octanol–water partition coefficient (Wildman–Crippen LogP) is 8.87. The number of hydrogen-bond donors (Lipinski definition) is 2. The number of hydrogen-bond acceptors (Lipinski definition) is 4. The Kier molecular flexibility index (Phi) is 6.95. The lowest BCUT2D eigenvalue weighted by atomic mass is 9.96. The summed E-state index contributed by atoms with van der Waals surface area (Å²) in [5, 5.41) is 12.2. The van der Waals surface area contributed by atoms with E-state index in [1.54, 1.807) is 0 Å². The van der Waals surface area contributed by atoms with E-state index < -0.39 is 0 Å². The molecule has 0 spiro atoms. The molecule has 0 radical (unpaired) electrons. The zero-order chi connectivity index (χ0) is 29.3. The summed E-state index contributed by atoms with van der Waals surface area (Å²) in [7, 11) is 0. The molecule has 1 aliphatic carbocycles. The topological polar surface area (TPSA) is 71.5 Å². The van der Waals surface area contributed by atoms with Gasteiger partial charge >= 0.3 is 0 Å². The summed E-state index contributed by atoms with van der Waals surface area (Å²) < 4.78 is 4.36. The molecule has 6 nitrogen and oxygen atoms in total. The lowest BCUT2D eigenvalue weighted by Gasteiger charge is -2.20. The zero-order valence-electron chi connectivity index (χ0n) is 24.5. The molecule has 0 saturated carbocycles. The van der Waals surface area contributed by atoms with Crippen molar-refractivity contribution in [2.45, 2.75) is 39.5 Å². The van der Waals surface area contributed by atoms with Crippen LogP contribution in [0.5, 0.6) is 0 Å². The Labute approximate surface area is 251 Å². The summed E-state index contributed by atoms with van der Waals surface area (Å²) in [6, 6.07) is 24.4. The molecule has 2 aromatic carbocycles. The van der Waals surface area contributed by atoms with E-state index in [0.717, 1.165) is 80.4 Å². The predicted molar refractivity (Wildman–Crippen MR) is 179 cm³/mol. The number of para-hydroxylation sites is 1. The van der Waals surface area contributed by atoms with Gasteiger partial charge in [0.2, 0.25) is 0 Å². The molecule has 0 saturated heterocycles. The number of pyridine rings is 2. The number of benzene rings is 2. The Hall–Kier alpha value is -5.23. The minimum absolute atomic E-state index is 0.475. The molecule has 0 atom stereocenters. The third-order valence-electron chi connectivity index (χ3n) is 8.35. The number of fused-ring (bicyclic) bond motifs is 5. The van der Waals surface area contributed by atoms with E-state index in [2.05, 4.69) is 77.1 Å². The largest absolute Gasteiger partial charge is 0.300 e. The van der Waals surface area contributed by atoms with E-state index in [9.17, 15) is 0 Å². The first kappa shape index (κ1) is 26.7. The highest BCUT2D eigenvalue weighted by Gasteiger charge is 2.23. The van der Waals surface area contributed by atoms with Gasteiger partial charge in [0.1, 0.15) is 5.82 Å². The van der Waals surface area contributed by atoms with Crippen LogP contribution in [0, 0.1) is 12.3 Å². The molecule has 2 N–H and O–H groups in total. The van der Waals surface area contributed by atoms with E-state index in [0.29, 0.717) is 5.71 Å². The molecule has 43 heavy (non-hydrogen) atoms. The Morgan fingerprint density at radius 1 is 0.930 bits per heavy atom. The second-order valence-electron chi connectivity index (χ2n) is 11.0. The average molecular weight is 563 g/mol. The Bertz CT molecular complexity index is 2070. The van der Waals surface area contributed by atoms with Gasteiger partial charge in [-0.15, -0.1) is 0 Å². The van der Waals surface area contributed by atoms with Crippen LogP contribution in [-0.2, 0) is 0 Å². The van der Waals surface area contributed by atoms with Crippen molar-refractivity contribution in [3.63, 3.8) is 0 Å². The molecule has 212 valence electrons. The van der Waals surface area contributed by atoms with Gasteiger partial charge in [-0.2, -0.15) is 0 Å². The molecular weight excluding hydrogens is 528 g/mol. The summed E-state index contributed by atoms with van der Waals surface area (Å²) in [6.07, 6.45) is 16.7. The van der Waals surface area contributed by atoms with Crippen molar-refractivity contribution >= 4 is 44.6 Å². The molecule has 0 aliphatic heterocycles. The molecule has 6 aromatic rings. The van der Waals surface area contributed by atoms with E-state index in [-0.39, 0.29) is 0 Å². The Morgan fingerprint density at radius 2 is 1.74 bits per heavy atom. The number of allylic oxidation sites excluding steroid dienone is 4. The maximum atomic E-state index is 8.94. The smallest absolute Gasteiger partial charge is 0.161 e. The second-order valence-corrected chi connectivity index (χ2v) is 11.0. The first-order chi connectivity index (χ1) is 21.2. The van der Waals surface area contributed by atoms with E-state index in [1.807, 2.05) is 60.9 Å². The second kappa shape index (κ2) is 11.2. The fourth-order valence-corrected chi connectivity index (χ4v) is 6.29. The van der Waals surface area contributed by atoms with Gasteiger partial charge in [-0.1, -0.05) is 72.8 Å². The highest BCUT2D eigenvalue weighted by molar-refractivity contribution is 6.19. The summed E-state index contributed by atoms with van der Waals surface area (Å²) >= 11 is 0. The lowest BCUT2D eigenvalue weighted by molar-refractivity contribution is 0.702. The molecule has 1 aliphatic rings. The van der Waals surface area contributed by atoms with Crippen molar-refractivity contribution in [3.05, 3.63) is 132 Å². The molecule has 7 rings (SSSR count). The third kappa shape index (κ3) is 4.65. The third-order valence-corrected chi connectivity index (χ3v) is 8.35. The monoisotopic (exact) mass is 562 g/mol. The standard InChI is InChI=1S/C37H34N6/c1-3-14-28-25(2)43(41-32(27-17-8-5-9-18-27)23-31(38)26-15-6-4-7-16-26)37-35(28)36-30(24-40-37)29-19-10-11-20-33(29)42(36)34-21-12-13-22-39-34/h3-4,6-7,10-17,19-24,38,41H,5,8-9,18H2,1-2H3/b14-3-,32-23-,38-31?. The maximum Gasteiger partial charge on any atom is 0.161 e. The summed E-state index contributed by atoms with van der Waals surface area (Å²) in [5.41, 5.74) is 12.5. The van der Waals surface area contributed by atoms with Gasteiger partial charge in [0, 0.05) is 34.4 Å². The molecule has 0 unspecified atom stereocenters. The molecule has 6 heteroatoms. The van der Waals surface area contributed by atoms with Gasteiger partial charge in [0.05, 0.1) is 27.8 Å². The molecule has 4 heterocycles. The fourth-order valence-electron chi connectivity index (χ4n) is 6.29. The zero-order valence-corrected chi connectivity index (χ0v) is 24.5. The average Bonchev–Trinajstić information content (AvgIpc) is 3.53. The van der Waals surface area contributed by atoms with Crippen LogP contribution in [0.2, 0.25) is 0 Å². The van der Waals surface area contributed by atoms with Crippen molar-refractivity contribution < 1.29 is 0 Å². The van der Waals surface area contributed by atoms with Crippen LogP contribution in [0.25, 0.3) is 44.7 Å². The van der Waals surface area contributed by atoms with E-state index in [4.69, 9.17) is 15.4 Å².